The molecule has 2 fully saturated rings. The fraction of sp³-hybridized carbons (Fsp3) is 0.483. The smallest absolute Gasteiger partial charge is 0.240 e. The molecule has 3 amide bonds. The molecule has 2 atom stereocenters. The van der Waals surface area contributed by atoms with Gasteiger partial charge in [0.25, 0.3) is 0 Å². The number of amides is 3. The first-order valence-corrected chi connectivity index (χ1v) is 13.5. The second-order valence-corrected chi connectivity index (χ2v) is 10.6. The highest BCUT2D eigenvalue weighted by Gasteiger charge is 2.61. The summed E-state index contributed by atoms with van der Waals surface area (Å²) in [5.41, 5.74) is 1.82. The molecule has 4 bridgehead atoms. The molecule has 2 saturated heterocycles. The van der Waals surface area contributed by atoms with E-state index in [4.69, 9.17) is 4.74 Å². The standard InChI is InChI=1S/C29H34N4O4/c34-25-19-33-24-11-3-2-10-23(24)29(28(33)36)12-16-32(20-26(35)31-14-4-1-5-15-31)27(29)21-8-6-9-22(18-21)37-17-7-13-30-25/h2-3,6,8-11,18,27H,1,4-5,7,12-17,19-20H2,(H,30,34)/t27-,29+/m0/s1. The van der Waals surface area contributed by atoms with Gasteiger partial charge in [0, 0.05) is 31.9 Å². The number of hydrogen-bond donors (Lipinski definition) is 1. The lowest BCUT2D eigenvalue weighted by atomic mass is 9.72. The van der Waals surface area contributed by atoms with Crippen LogP contribution in [0, 0.1) is 0 Å². The van der Waals surface area contributed by atoms with Crippen LogP contribution in [0.1, 0.15) is 49.3 Å². The van der Waals surface area contributed by atoms with E-state index in [2.05, 4.69) is 10.2 Å². The molecule has 2 aromatic carbocycles. The van der Waals surface area contributed by atoms with Gasteiger partial charge in [-0.3, -0.25) is 19.3 Å². The number of hydrogen-bond acceptors (Lipinski definition) is 5. The summed E-state index contributed by atoms with van der Waals surface area (Å²) in [4.78, 5) is 46.4. The maximum Gasteiger partial charge on any atom is 0.240 e. The van der Waals surface area contributed by atoms with E-state index >= 15 is 0 Å². The van der Waals surface area contributed by atoms with E-state index in [1.54, 1.807) is 4.90 Å². The van der Waals surface area contributed by atoms with Crippen LogP contribution in [-0.4, -0.2) is 73.4 Å². The zero-order valence-electron chi connectivity index (χ0n) is 21.2. The van der Waals surface area contributed by atoms with Gasteiger partial charge in [-0.05, 0) is 61.4 Å². The van der Waals surface area contributed by atoms with Crippen LogP contribution in [0.3, 0.4) is 0 Å². The molecule has 2 aromatic rings. The molecule has 37 heavy (non-hydrogen) atoms. The Balaban J connectivity index is 1.45. The first-order valence-electron chi connectivity index (χ1n) is 13.5. The summed E-state index contributed by atoms with van der Waals surface area (Å²) in [7, 11) is 0. The third kappa shape index (κ3) is 4.17. The molecule has 8 nitrogen and oxygen atoms in total. The topological polar surface area (TPSA) is 82.2 Å². The van der Waals surface area contributed by atoms with E-state index in [0.717, 1.165) is 48.5 Å². The maximum atomic E-state index is 14.4. The highest BCUT2D eigenvalue weighted by Crippen LogP contribution is 2.56. The lowest BCUT2D eigenvalue weighted by molar-refractivity contribution is -0.134. The van der Waals surface area contributed by atoms with Crippen molar-refractivity contribution in [3.8, 4) is 5.75 Å². The Morgan fingerprint density at radius 3 is 2.70 bits per heavy atom. The second-order valence-electron chi connectivity index (χ2n) is 10.6. The monoisotopic (exact) mass is 502 g/mol. The highest BCUT2D eigenvalue weighted by atomic mass is 16.5. The first-order chi connectivity index (χ1) is 18.1. The summed E-state index contributed by atoms with van der Waals surface area (Å²) in [5, 5.41) is 2.93. The molecule has 4 heterocycles. The molecule has 0 aliphatic carbocycles. The first kappa shape index (κ1) is 24.0. The molecule has 4 aliphatic rings. The van der Waals surface area contributed by atoms with Crippen molar-refractivity contribution in [2.45, 2.75) is 43.6 Å². The predicted octanol–water partition coefficient (Wildman–Crippen LogP) is 2.63. The van der Waals surface area contributed by atoms with Crippen molar-refractivity contribution in [2.75, 3.05) is 50.8 Å². The average Bonchev–Trinajstić information content (AvgIpc) is 3.41. The molecule has 1 N–H and O–H groups in total. The number of fused-ring (bicyclic) bond motifs is 6. The second kappa shape index (κ2) is 9.82. The van der Waals surface area contributed by atoms with E-state index in [1.807, 2.05) is 53.4 Å². The zero-order chi connectivity index (χ0) is 25.4. The van der Waals surface area contributed by atoms with Gasteiger partial charge >= 0.3 is 0 Å². The molecule has 6 rings (SSSR count). The summed E-state index contributed by atoms with van der Waals surface area (Å²) in [6.07, 6.45) is 4.51. The summed E-state index contributed by atoms with van der Waals surface area (Å²) >= 11 is 0. The Morgan fingerprint density at radius 1 is 1.00 bits per heavy atom. The van der Waals surface area contributed by atoms with Gasteiger partial charge < -0.3 is 19.9 Å². The number of piperidine rings is 1. The molecule has 1 spiro atoms. The van der Waals surface area contributed by atoms with Gasteiger partial charge in [-0.2, -0.15) is 0 Å². The summed E-state index contributed by atoms with van der Waals surface area (Å²) in [6, 6.07) is 15.5. The SMILES string of the molecule is O=C1CN2C(=O)[C@]3(CCN(CC(=O)N4CCCCC4)[C@H]3c3cccc(c3)OCCCN1)c1ccccc12. The third-order valence-corrected chi connectivity index (χ3v) is 8.36. The van der Waals surface area contributed by atoms with Crippen LogP contribution >= 0.6 is 0 Å². The number of ether oxygens (including phenoxy) is 1. The Kier molecular flexibility index (Phi) is 6.36. The summed E-state index contributed by atoms with van der Waals surface area (Å²) < 4.78 is 6.02. The number of para-hydroxylation sites is 1. The third-order valence-electron chi connectivity index (χ3n) is 8.36. The van der Waals surface area contributed by atoms with Gasteiger partial charge in [0.1, 0.15) is 12.3 Å². The van der Waals surface area contributed by atoms with Gasteiger partial charge in [0.2, 0.25) is 17.7 Å². The number of carbonyl (C=O) groups excluding carboxylic acids is 3. The quantitative estimate of drug-likeness (QED) is 0.683. The molecule has 0 aromatic heterocycles. The van der Waals surface area contributed by atoms with Gasteiger partial charge in [-0.1, -0.05) is 30.3 Å². The van der Waals surface area contributed by atoms with Crippen LogP contribution in [0.2, 0.25) is 0 Å². The van der Waals surface area contributed by atoms with Crippen LogP contribution in [0.25, 0.3) is 0 Å². The fourth-order valence-corrected chi connectivity index (χ4v) is 6.66. The normalized spacial score (nSPS) is 26.1. The lowest BCUT2D eigenvalue weighted by Gasteiger charge is -2.36. The van der Waals surface area contributed by atoms with Crippen LogP contribution in [-0.2, 0) is 19.8 Å². The molecule has 0 saturated carbocycles. The Morgan fingerprint density at radius 2 is 1.84 bits per heavy atom. The average molecular weight is 503 g/mol. The van der Waals surface area contributed by atoms with E-state index in [-0.39, 0.29) is 36.9 Å². The number of rotatable bonds is 2. The molecular formula is C29H34N4O4. The van der Waals surface area contributed by atoms with Crippen molar-refractivity contribution in [3.05, 3.63) is 59.7 Å². The minimum Gasteiger partial charge on any atom is -0.494 e. The number of carbonyl (C=O) groups is 3. The number of anilines is 1. The number of likely N-dealkylation sites (tertiary alicyclic amines) is 2. The van der Waals surface area contributed by atoms with Gasteiger partial charge in [-0.15, -0.1) is 0 Å². The number of nitrogens with one attached hydrogen (secondary N) is 1. The van der Waals surface area contributed by atoms with Crippen molar-refractivity contribution in [2.24, 2.45) is 0 Å². The van der Waals surface area contributed by atoms with Crippen molar-refractivity contribution < 1.29 is 19.1 Å². The summed E-state index contributed by atoms with van der Waals surface area (Å²) in [6.45, 7) is 3.45. The maximum absolute atomic E-state index is 14.4. The van der Waals surface area contributed by atoms with E-state index in [0.29, 0.717) is 32.5 Å². The predicted molar refractivity (Wildman–Crippen MR) is 139 cm³/mol. The highest BCUT2D eigenvalue weighted by molar-refractivity contribution is 6.11. The van der Waals surface area contributed by atoms with Crippen LogP contribution < -0.4 is 15.0 Å². The van der Waals surface area contributed by atoms with Crippen molar-refractivity contribution in [1.82, 2.24) is 15.1 Å². The van der Waals surface area contributed by atoms with E-state index < -0.39 is 5.41 Å². The van der Waals surface area contributed by atoms with Crippen LogP contribution in [0.4, 0.5) is 5.69 Å². The zero-order valence-corrected chi connectivity index (χ0v) is 21.2. The molecular weight excluding hydrogens is 468 g/mol. The van der Waals surface area contributed by atoms with Crippen molar-refractivity contribution in [1.29, 1.82) is 0 Å². The van der Waals surface area contributed by atoms with E-state index in [1.165, 1.54) is 6.42 Å². The van der Waals surface area contributed by atoms with Gasteiger partial charge in [0.05, 0.1) is 24.6 Å². The van der Waals surface area contributed by atoms with Crippen LogP contribution in [0.5, 0.6) is 5.75 Å². The lowest BCUT2D eigenvalue weighted by Crippen LogP contribution is -2.49. The fourth-order valence-electron chi connectivity index (χ4n) is 6.66. The molecule has 0 radical (unpaired) electrons. The molecule has 194 valence electrons. The number of benzene rings is 2. The minimum atomic E-state index is -0.873. The number of nitrogens with zero attached hydrogens (tertiary/aromatic N) is 3. The molecule has 0 unspecified atom stereocenters. The van der Waals surface area contributed by atoms with Crippen molar-refractivity contribution in [3.63, 3.8) is 0 Å². The van der Waals surface area contributed by atoms with Gasteiger partial charge in [0.15, 0.2) is 0 Å². The van der Waals surface area contributed by atoms with E-state index in [9.17, 15) is 14.4 Å². The van der Waals surface area contributed by atoms with Gasteiger partial charge in [-0.25, -0.2) is 0 Å². The molecule has 4 aliphatic heterocycles. The molecule has 8 heteroatoms. The van der Waals surface area contributed by atoms with Crippen LogP contribution in [0.15, 0.2) is 48.5 Å². The minimum absolute atomic E-state index is 0.0160. The Labute approximate surface area is 217 Å². The largest absolute Gasteiger partial charge is 0.494 e. The Hall–Kier alpha value is -3.39. The Bertz CT molecular complexity index is 1210. The summed E-state index contributed by atoms with van der Waals surface area (Å²) in [5.74, 6) is 0.618. The van der Waals surface area contributed by atoms with Crippen molar-refractivity contribution >= 4 is 23.4 Å².